The van der Waals surface area contributed by atoms with Crippen LogP contribution in [-0.4, -0.2) is 18.6 Å². The van der Waals surface area contributed by atoms with Crippen molar-refractivity contribution in [3.63, 3.8) is 0 Å². The second-order valence-corrected chi connectivity index (χ2v) is 2.23. The Balaban J connectivity index is -0.0000000418. The molecule has 1 nitrogen and oxygen atoms in total. The monoisotopic (exact) mass is 382 g/mol. The Morgan fingerprint density at radius 2 is 1.33 bits per heavy atom. The first-order valence-electron chi connectivity index (χ1n) is 4.60. The van der Waals surface area contributed by atoms with E-state index in [9.17, 15) is 0 Å². The summed E-state index contributed by atoms with van der Waals surface area (Å²) in [4.78, 5) is 0. The van der Waals surface area contributed by atoms with Crippen LogP contribution in [-0.2, 0) is 23.3 Å². The maximum absolute atomic E-state index is 7.46. The van der Waals surface area contributed by atoms with Gasteiger partial charge in [0.25, 0.3) is 0 Å². The van der Waals surface area contributed by atoms with Crippen molar-refractivity contribution in [2.24, 2.45) is 0 Å². The molecule has 0 amide bonds. The van der Waals surface area contributed by atoms with Crippen molar-refractivity contribution >= 4 is 31.7 Å². The Kier molecular flexibility index (Phi) is 62.4. The topological polar surface area (TPSA) is 20.2 Å². The van der Waals surface area contributed by atoms with E-state index in [4.69, 9.17) is 5.11 Å². The fraction of sp³-hybridized carbons (Fsp3) is 0.231. The number of hydrogen-bond donors (Lipinski definition) is 1. The van der Waals surface area contributed by atoms with E-state index in [-0.39, 0.29) is 38.8 Å². The van der Waals surface area contributed by atoms with E-state index in [1.165, 1.54) is 0 Å². The first kappa shape index (κ1) is 31.2. The van der Waals surface area contributed by atoms with Gasteiger partial charge in [0.2, 0.25) is 0 Å². The van der Waals surface area contributed by atoms with Crippen LogP contribution in [0.1, 0.15) is 12.8 Å². The van der Waals surface area contributed by atoms with Crippen LogP contribution in [0, 0.1) is 26.5 Å². The third-order valence-electron chi connectivity index (χ3n) is 1.17. The molecule has 0 fully saturated rings. The molecule has 0 aromatic rings. The van der Waals surface area contributed by atoms with E-state index >= 15 is 0 Å². The third kappa shape index (κ3) is 36.0. The molecule has 0 heterocycles. The standard InChI is InChI=1S/2C5H5.C2H5O.CH3.2ClH.H2Si.Zr/c2*1-2-4-5-3-1;1-2-3;;;;;/h2*1-3H,4H2;3H,1-2H2;1H3;2*1H;1H2;/q4*-1;;;;. The SMILES string of the molecule is Cl.Cl.[C-]1=CC=CC1.[C-]1=CC=CC1.[CH2-]CO.[CH3-].[SiH2]=[Zr]. The quantitative estimate of drug-likeness (QED) is 0.503. The molecule has 0 aromatic carbocycles. The van der Waals surface area contributed by atoms with Gasteiger partial charge in [-0.2, -0.15) is 12.2 Å². The van der Waals surface area contributed by atoms with E-state index in [0.29, 0.717) is 0 Å². The molecule has 106 valence electrons. The number of allylic oxidation sites excluding steroid dienone is 8. The van der Waals surface area contributed by atoms with Gasteiger partial charge in [-0.15, -0.1) is 37.7 Å². The van der Waals surface area contributed by atoms with Crippen molar-refractivity contribution in [1.82, 2.24) is 0 Å². The van der Waals surface area contributed by atoms with Gasteiger partial charge < -0.3 is 19.5 Å². The van der Waals surface area contributed by atoms with E-state index in [2.05, 4.69) is 31.2 Å². The normalized spacial score (nSPS) is 10.9. The predicted molar refractivity (Wildman–Crippen MR) is 85.0 cm³/mol. The summed E-state index contributed by atoms with van der Waals surface area (Å²) >= 11 is 1.58. The van der Waals surface area contributed by atoms with Crippen LogP contribution < -0.4 is 0 Å². The van der Waals surface area contributed by atoms with Crippen molar-refractivity contribution in [3.8, 4) is 0 Å². The summed E-state index contributed by atoms with van der Waals surface area (Å²) < 4.78 is 0. The molecule has 0 radical (unpaired) electrons. The van der Waals surface area contributed by atoms with Crippen LogP contribution in [0.3, 0.4) is 0 Å². The first-order chi connectivity index (χ1) is 7.41. The first-order valence-corrected chi connectivity index (χ1v) is 10.5. The molecule has 0 unspecified atom stereocenters. The van der Waals surface area contributed by atoms with Crippen molar-refractivity contribution in [2.45, 2.75) is 12.8 Å². The Morgan fingerprint density at radius 1 is 1.06 bits per heavy atom. The number of aliphatic hydroxyl groups excluding tert-OH is 1. The zero-order valence-corrected chi connectivity index (χ0v) is 16.3. The van der Waals surface area contributed by atoms with Crippen LogP contribution in [0.15, 0.2) is 36.5 Å². The fourth-order valence-electron chi connectivity index (χ4n) is 0.680. The molecule has 0 aliphatic heterocycles. The fourth-order valence-corrected chi connectivity index (χ4v) is 0.680. The molecule has 0 aromatic heterocycles. The average Bonchev–Trinajstić information content (AvgIpc) is 3.01. The molecule has 0 spiro atoms. The van der Waals surface area contributed by atoms with Crippen LogP contribution >= 0.6 is 24.8 Å². The molecule has 18 heavy (non-hydrogen) atoms. The summed E-state index contributed by atoms with van der Waals surface area (Å²) in [7, 11) is 0. The number of aliphatic hydroxyl groups is 1. The van der Waals surface area contributed by atoms with Gasteiger partial charge in [-0.05, 0) is 0 Å². The molecule has 0 saturated heterocycles. The summed E-state index contributed by atoms with van der Waals surface area (Å²) in [5, 5.41) is 7.46. The Bertz CT molecular complexity index is 187. The zero-order valence-electron chi connectivity index (χ0n) is 10.8. The zero-order chi connectivity index (χ0) is 11.8. The molecule has 0 saturated carbocycles. The molecule has 2 rings (SSSR count). The van der Waals surface area contributed by atoms with Gasteiger partial charge in [0.1, 0.15) is 0 Å². The van der Waals surface area contributed by atoms with Gasteiger partial charge in [0.05, 0.1) is 0 Å². The molecule has 1 N–H and O–H groups in total. The second-order valence-electron chi connectivity index (χ2n) is 2.23. The molecule has 2 aliphatic carbocycles. The molecule has 0 bridgehead atoms. The van der Waals surface area contributed by atoms with Gasteiger partial charge in [-0.1, -0.05) is 6.61 Å². The van der Waals surface area contributed by atoms with Crippen LogP contribution in [0.25, 0.3) is 0 Å². The maximum atomic E-state index is 7.46. The summed E-state index contributed by atoms with van der Waals surface area (Å²) in [5.74, 6) is 0. The number of halogens is 2. The van der Waals surface area contributed by atoms with Gasteiger partial charge in [0.15, 0.2) is 0 Å². The van der Waals surface area contributed by atoms with Crippen molar-refractivity contribution < 1.29 is 28.4 Å². The number of rotatable bonds is 0. The van der Waals surface area contributed by atoms with E-state index in [1.54, 1.807) is 23.3 Å². The summed E-state index contributed by atoms with van der Waals surface area (Å²) in [6.07, 6.45) is 20.0. The minimum absolute atomic E-state index is 0. The third-order valence-corrected chi connectivity index (χ3v) is 1.17. The molecular formula is C13H22Cl2OSiZr-4. The molecule has 0 atom stereocenters. The van der Waals surface area contributed by atoms with Crippen LogP contribution in [0.4, 0.5) is 0 Å². The summed E-state index contributed by atoms with van der Waals surface area (Å²) in [5.41, 5.74) is 0. The van der Waals surface area contributed by atoms with Gasteiger partial charge in [0, 0.05) is 0 Å². The molecule has 5 heteroatoms. The minimum atomic E-state index is 0. The van der Waals surface area contributed by atoms with Crippen LogP contribution in [0.5, 0.6) is 0 Å². The Hall–Kier alpha value is 0.600. The van der Waals surface area contributed by atoms with E-state index in [0.717, 1.165) is 12.8 Å². The Morgan fingerprint density at radius 3 is 1.39 bits per heavy atom. The van der Waals surface area contributed by atoms with Gasteiger partial charge in [-0.3, -0.25) is 12.2 Å². The van der Waals surface area contributed by atoms with E-state index < -0.39 is 0 Å². The number of hydrogen-bond acceptors (Lipinski definition) is 1. The summed E-state index contributed by atoms with van der Waals surface area (Å²) in [6, 6.07) is 0. The van der Waals surface area contributed by atoms with Crippen molar-refractivity contribution in [1.29, 1.82) is 0 Å². The molecular weight excluding hydrogens is 362 g/mol. The van der Waals surface area contributed by atoms with Crippen molar-refractivity contribution in [2.75, 3.05) is 6.61 Å². The van der Waals surface area contributed by atoms with Crippen molar-refractivity contribution in [3.05, 3.63) is 63.0 Å². The molecule has 2 aliphatic rings. The van der Waals surface area contributed by atoms with Crippen LogP contribution in [0.2, 0.25) is 0 Å². The Labute approximate surface area is 142 Å². The second kappa shape index (κ2) is 36.0. The predicted octanol–water partition coefficient (Wildman–Crippen LogP) is 2.80. The average molecular weight is 385 g/mol. The van der Waals surface area contributed by atoms with Gasteiger partial charge >= 0.3 is 30.2 Å². The van der Waals surface area contributed by atoms with E-state index in [1.807, 2.05) is 31.2 Å². The van der Waals surface area contributed by atoms with Gasteiger partial charge in [-0.25, -0.2) is 24.3 Å². The summed E-state index contributed by atoms with van der Waals surface area (Å²) in [6.45, 7) is 4.99.